The van der Waals surface area contributed by atoms with Gasteiger partial charge in [-0.3, -0.25) is 4.79 Å². The summed E-state index contributed by atoms with van der Waals surface area (Å²) >= 11 is 0. The molecular formula is C22H22O3. The van der Waals surface area contributed by atoms with Crippen LogP contribution >= 0.6 is 0 Å². The lowest BCUT2D eigenvalue weighted by atomic mass is 10.0. The Morgan fingerprint density at radius 1 is 0.880 bits per heavy atom. The molecular weight excluding hydrogens is 312 g/mol. The van der Waals surface area contributed by atoms with Gasteiger partial charge in [-0.25, -0.2) is 0 Å². The maximum absolute atomic E-state index is 10.7. The lowest BCUT2D eigenvalue weighted by molar-refractivity contribution is -0.137. The van der Waals surface area contributed by atoms with Crippen molar-refractivity contribution >= 4 is 16.7 Å². The number of carboxylic acids is 1. The zero-order valence-electron chi connectivity index (χ0n) is 14.2. The molecule has 3 nitrogen and oxygen atoms in total. The van der Waals surface area contributed by atoms with E-state index >= 15 is 0 Å². The average molecular weight is 334 g/mol. The molecule has 0 atom stereocenters. The summed E-state index contributed by atoms with van der Waals surface area (Å²) in [5, 5.41) is 11.1. The van der Waals surface area contributed by atoms with Crippen molar-refractivity contribution in [2.75, 3.05) is 0 Å². The van der Waals surface area contributed by atoms with E-state index in [0.29, 0.717) is 13.0 Å². The molecule has 25 heavy (non-hydrogen) atoms. The van der Waals surface area contributed by atoms with E-state index in [1.807, 2.05) is 30.3 Å². The van der Waals surface area contributed by atoms with Gasteiger partial charge in [0.2, 0.25) is 0 Å². The number of hydrogen-bond donors (Lipinski definition) is 1. The first-order valence-electron chi connectivity index (χ1n) is 8.63. The van der Waals surface area contributed by atoms with Crippen LogP contribution in [0.2, 0.25) is 0 Å². The normalized spacial score (nSPS) is 10.7. The molecule has 0 saturated heterocycles. The van der Waals surface area contributed by atoms with E-state index in [4.69, 9.17) is 9.84 Å². The quantitative estimate of drug-likeness (QED) is 0.575. The van der Waals surface area contributed by atoms with E-state index in [0.717, 1.165) is 40.5 Å². The third-order valence-corrected chi connectivity index (χ3v) is 4.27. The summed E-state index contributed by atoms with van der Waals surface area (Å²) in [6.45, 7) is 0.525. The Balaban J connectivity index is 1.81. The SMILES string of the molecule is O=C(O)CCCCc1ccc2ccccc2c1OCc1ccccc1. The zero-order chi connectivity index (χ0) is 17.5. The van der Waals surface area contributed by atoms with Crippen LogP contribution in [0.25, 0.3) is 10.8 Å². The summed E-state index contributed by atoms with van der Waals surface area (Å²) < 4.78 is 6.20. The highest BCUT2D eigenvalue weighted by Crippen LogP contribution is 2.31. The second-order valence-corrected chi connectivity index (χ2v) is 6.15. The standard InChI is InChI=1S/C22H22O3/c23-21(24)13-7-5-11-19-15-14-18-10-4-6-12-20(18)22(19)25-16-17-8-2-1-3-9-17/h1-4,6,8-10,12,14-15H,5,7,11,13,16H2,(H,23,24). The molecule has 3 rings (SSSR count). The number of carbonyl (C=O) groups is 1. The molecule has 0 fully saturated rings. The minimum Gasteiger partial charge on any atom is -0.488 e. The molecule has 3 heteroatoms. The van der Waals surface area contributed by atoms with E-state index in [2.05, 4.69) is 36.4 Å². The summed E-state index contributed by atoms with van der Waals surface area (Å²) in [6.07, 6.45) is 2.56. The number of benzene rings is 3. The summed E-state index contributed by atoms with van der Waals surface area (Å²) in [4.78, 5) is 10.7. The van der Waals surface area contributed by atoms with Crippen molar-refractivity contribution in [1.29, 1.82) is 0 Å². The number of hydrogen-bond acceptors (Lipinski definition) is 2. The van der Waals surface area contributed by atoms with Gasteiger partial charge in [0.1, 0.15) is 12.4 Å². The number of rotatable bonds is 8. The topological polar surface area (TPSA) is 46.5 Å². The predicted molar refractivity (Wildman–Crippen MR) is 99.9 cm³/mol. The summed E-state index contributed by atoms with van der Waals surface area (Å²) in [5.74, 6) is 0.177. The van der Waals surface area contributed by atoms with Crippen molar-refractivity contribution in [1.82, 2.24) is 0 Å². The highest BCUT2D eigenvalue weighted by atomic mass is 16.5. The van der Waals surface area contributed by atoms with Gasteiger partial charge < -0.3 is 9.84 Å². The van der Waals surface area contributed by atoms with E-state index < -0.39 is 5.97 Å². The van der Waals surface area contributed by atoms with Gasteiger partial charge in [-0.05, 0) is 35.8 Å². The van der Waals surface area contributed by atoms with Gasteiger partial charge in [0, 0.05) is 11.8 Å². The number of aliphatic carboxylic acids is 1. The first kappa shape index (κ1) is 17.0. The first-order valence-corrected chi connectivity index (χ1v) is 8.63. The van der Waals surface area contributed by atoms with Crippen molar-refractivity contribution in [3.63, 3.8) is 0 Å². The molecule has 0 amide bonds. The lowest BCUT2D eigenvalue weighted by Crippen LogP contribution is -2.00. The van der Waals surface area contributed by atoms with Gasteiger partial charge in [0.25, 0.3) is 0 Å². The van der Waals surface area contributed by atoms with E-state index in [9.17, 15) is 4.79 Å². The molecule has 0 radical (unpaired) electrons. The largest absolute Gasteiger partial charge is 0.488 e. The average Bonchev–Trinajstić information content (AvgIpc) is 2.64. The molecule has 0 bridgehead atoms. The van der Waals surface area contributed by atoms with Gasteiger partial charge in [-0.2, -0.15) is 0 Å². The highest BCUT2D eigenvalue weighted by molar-refractivity contribution is 5.89. The van der Waals surface area contributed by atoms with Gasteiger partial charge in [0.15, 0.2) is 0 Å². The fourth-order valence-electron chi connectivity index (χ4n) is 2.98. The highest BCUT2D eigenvalue weighted by Gasteiger charge is 2.10. The predicted octanol–water partition coefficient (Wildman–Crippen LogP) is 5.22. The molecule has 0 aliphatic rings. The van der Waals surface area contributed by atoms with Crippen LogP contribution in [0.5, 0.6) is 5.75 Å². The van der Waals surface area contributed by atoms with Crippen molar-refractivity contribution in [2.24, 2.45) is 0 Å². The van der Waals surface area contributed by atoms with Crippen LogP contribution < -0.4 is 4.74 Å². The minimum absolute atomic E-state index is 0.216. The maximum atomic E-state index is 10.7. The molecule has 0 unspecified atom stereocenters. The van der Waals surface area contributed by atoms with Crippen molar-refractivity contribution in [3.8, 4) is 5.75 Å². The first-order chi connectivity index (χ1) is 12.2. The van der Waals surface area contributed by atoms with Crippen LogP contribution in [0.3, 0.4) is 0 Å². The van der Waals surface area contributed by atoms with Gasteiger partial charge >= 0.3 is 5.97 Å². The fourth-order valence-corrected chi connectivity index (χ4v) is 2.98. The molecule has 0 aliphatic heterocycles. The fraction of sp³-hybridized carbons (Fsp3) is 0.227. The van der Waals surface area contributed by atoms with Crippen LogP contribution in [-0.4, -0.2) is 11.1 Å². The molecule has 3 aromatic carbocycles. The Bertz CT molecular complexity index is 840. The van der Waals surface area contributed by atoms with Crippen LogP contribution in [0, 0.1) is 0 Å². The van der Waals surface area contributed by atoms with Crippen LogP contribution in [0.1, 0.15) is 30.4 Å². The van der Waals surface area contributed by atoms with Crippen molar-refractivity contribution in [2.45, 2.75) is 32.3 Å². The van der Waals surface area contributed by atoms with Crippen molar-refractivity contribution in [3.05, 3.63) is 77.9 Å². The van der Waals surface area contributed by atoms with E-state index in [1.165, 1.54) is 0 Å². The Labute approximate surface area is 147 Å². The number of unbranched alkanes of at least 4 members (excludes halogenated alkanes) is 1. The maximum Gasteiger partial charge on any atom is 0.303 e. The number of carboxylic acid groups (broad SMARTS) is 1. The second kappa shape index (κ2) is 8.34. The molecule has 0 heterocycles. The molecule has 0 aliphatic carbocycles. The lowest BCUT2D eigenvalue weighted by Gasteiger charge is -2.15. The number of aryl methyl sites for hydroxylation is 1. The molecule has 0 spiro atoms. The van der Waals surface area contributed by atoms with Crippen LogP contribution in [0.15, 0.2) is 66.7 Å². The summed E-state index contributed by atoms with van der Waals surface area (Å²) in [5.41, 5.74) is 2.27. The van der Waals surface area contributed by atoms with Crippen molar-refractivity contribution < 1.29 is 14.6 Å². The molecule has 1 N–H and O–H groups in total. The molecule has 3 aromatic rings. The molecule has 0 saturated carbocycles. The summed E-state index contributed by atoms with van der Waals surface area (Å²) in [7, 11) is 0. The van der Waals surface area contributed by atoms with Gasteiger partial charge in [-0.1, -0.05) is 66.7 Å². The van der Waals surface area contributed by atoms with Crippen LogP contribution in [-0.2, 0) is 17.8 Å². The monoisotopic (exact) mass is 334 g/mol. The molecule has 128 valence electrons. The zero-order valence-corrected chi connectivity index (χ0v) is 14.2. The Morgan fingerprint density at radius 3 is 2.44 bits per heavy atom. The Kier molecular flexibility index (Phi) is 5.68. The van der Waals surface area contributed by atoms with Crippen LogP contribution in [0.4, 0.5) is 0 Å². The molecule has 0 aromatic heterocycles. The Morgan fingerprint density at radius 2 is 1.64 bits per heavy atom. The summed E-state index contributed by atoms with van der Waals surface area (Å²) in [6, 6.07) is 22.5. The third kappa shape index (κ3) is 4.60. The smallest absolute Gasteiger partial charge is 0.303 e. The minimum atomic E-state index is -0.737. The Hall–Kier alpha value is -2.81. The third-order valence-electron chi connectivity index (χ3n) is 4.27. The number of ether oxygens (including phenoxy) is 1. The van der Waals surface area contributed by atoms with Gasteiger partial charge in [0.05, 0.1) is 0 Å². The van der Waals surface area contributed by atoms with E-state index in [1.54, 1.807) is 0 Å². The number of fused-ring (bicyclic) bond motifs is 1. The second-order valence-electron chi connectivity index (χ2n) is 6.15. The van der Waals surface area contributed by atoms with E-state index in [-0.39, 0.29) is 6.42 Å². The van der Waals surface area contributed by atoms with Gasteiger partial charge in [-0.15, -0.1) is 0 Å².